The minimum atomic E-state index is -0.504. The summed E-state index contributed by atoms with van der Waals surface area (Å²) in [6.07, 6.45) is 1.22. The third kappa shape index (κ3) is 4.81. The lowest BCUT2D eigenvalue weighted by atomic mass is 9.95. The fraction of sp³-hybridized carbons (Fsp3) is 0.526. The first-order chi connectivity index (χ1) is 11.7. The minimum absolute atomic E-state index is 0.0878. The van der Waals surface area contributed by atoms with Crippen molar-refractivity contribution >= 4 is 23.5 Å². The number of likely N-dealkylation sites (tertiary alicyclic amines) is 1. The van der Waals surface area contributed by atoms with Gasteiger partial charge in [0.1, 0.15) is 0 Å². The molecular formula is C19H26N2O4. The van der Waals surface area contributed by atoms with Gasteiger partial charge in [0.2, 0.25) is 5.91 Å². The van der Waals surface area contributed by atoms with Crippen LogP contribution >= 0.6 is 0 Å². The van der Waals surface area contributed by atoms with Gasteiger partial charge in [0, 0.05) is 29.8 Å². The van der Waals surface area contributed by atoms with Crippen molar-refractivity contribution in [1.29, 1.82) is 0 Å². The van der Waals surface area contributed by atoms with Gasteiger partial charge in [-0.25, -0.2) is 0 Å². The van der Waals surface area contributed by atoms with Crippen LogP contribution in [0.2, 0.25) is 0 Å². The maximum Gasteiger partial charge on any atom is 0.308 e. The molecule has 2 amide bonds. The first-order valence-electron chi connectivity index (χ1n) is 8.51. The van der Waals surface area contributed by atoms with Crippen LogP contribution in [0.25, 0.3) is 0 Å². The van der Waals surface area contributed by atoms with Gasteiger partial charge in [-0.3, -0.25) is 14.4 Å². The van der Waals surface area contributed by atoms with Gasteiger partial charge >= 0.3 is 5.97 Å². The molecule has 0 aromatic heterocycles. The summed E-state index contributed by atoms with van der Waals surface area (Å²) >= 11 is 0. The number of esters is 1. The van der Waals surface area contributed by atoms with E-state index in [2.05, 4.69) is 5.32 Å². The molecule has 0 saturated carbocycles. The van der Waals surface area contributed by atoms with Crippen LogP contribution in [0, 0.1) is 11.3 Å². The second kappa shape index (κ2) is 7.68. The number of hydrogen-bond donors (Lipinski definition) is 1. The maximum atomic E-state index is 12.7. The number of amides is 2. The summed E-state index contributed by atoms with van der Waals surface area (Å²) in [4.78, 5) is 38.1. The van der Waals surface area contributed by atoms with Crippen molar-refractivity contribution in [2.45, 2.75) is 33.6 Å². The molecule has 1 fully saturated rings. The zero-order chi connectivity index (χ0) is 18.6. The van der Waals surface area contributed by atoms with E-state index in [9.17, 15) is 14.4 Å². The fourth-order valence-corrected chi connectivity index (χ4v) is 2.72. The molecule has 25 heavy (non-hydrogen) atoms. The standard InChI is InChI=1S/C19H26N2O4/c1-19(2,3)18(24)20-15-7-5-6-14(12-15)16(22)21-10-8-13(9-11-21)17(23)25-4/h5-7,12-13H,8-11H2,1-4H3,(H,20,24). The van der Waals surface area contributed by atoms with Gasteiger partial charge in [-0.1, -0.05) is 26.8 Å². The van der Waals surface area contributed by atoms with Crippen LogP contribution in [0.1, 0.15) is 44.0 Å². The SMILES string of the molecule is COC(=O)C1CCN(C(=O)c2cccc(NC(=O)C(C)(C)C)c2)CC1. The van der Waals surface area contributed by atoms with Crippen LogP contribution in [-0.2, 0) is 14.3 Å². The molecule has 1 N–H and O–H groups in total. The Labute approximate surface area is 148 Å². The van der Waals surface area contributed by atoms with E-state index in [1.54, 1.807) is 29.2 Å². The molecule has 1 heterocycles. The monoisotopic (exact) mass is 346 g/mol. The van der Waals surface area contributed by atoms with E-state index in [0.29, 0.717) is 37.2 Å². The Morgan fingerprint density at radius 1 is 1.16 bits per heavy atom. The Bertz CT molecular complexity index is 656. The van der Waals surface area contributed by atoms with E-state index in [1.807, 2.05) is 20.8 Å². The number of anilines is 1. The number of rotatable bonds is 3. The zero-order valence-corrected chi connectivity index (χ0v) is 15.3. The van der Waals surface area contributed by atoms with E-state index in [-0.39, 0.29) is 23.7 Å². The average Bonchev–Trinajstić information content (AvgIpc) is 2.60. The lowest BCUT2D eigenvalue weighted by Crippen LogP contribution is -2.40. The Morgan fingerprint density at radius 3 is 2.36 bits per heavy atom. The number of ether oxygens (including phenoxy) is 1. The van der Waals surface area contributed by atoms with Gasteiger partial charge in [-0.2, -0.15) is 0 Å². The molecule has 2 rings (SSSR count). The molecule has 0 aliphatic carbocycles. The minimum Gasteiger partial charge on any atom is -0.469 e. The number of nitrogens with one attached hydrogen (secondary N) is 1. The highest BCUT2D eigenvalue weighted by atomic mass is 16.5. The van der Waals surface area contributed by atoms with Gasteiger partial charge < -0.3 is 15.0 Å². The molecule has 0 spiro atoms. The molecule has 136 valence electrons. The predicted octanol–water partition coefficient (Wildman–Crippen LogP) is 2.70. The molecular weight excluding hydrogens is 320 g/mol. The van der Waals surface area contributed by atoms with Crippen LogP contribution in [0.5, 0.6) is 0 Å². The van der Waals surface area contributed by atoms with E-state index in [4.69, 9.17) is 4.74 Å². The smallest absolute Gasteiger partial charge is 0.308 e. The van der Waals surface area contributed by atoms with Crippen LogP contribution in [0.4, 0.5) is 5.69 Å². The van der Waals surface area contributed by atoms with Gasteiger partial charge in [-0.05, 0) is 31.0 Å². The highest BCUT2D eigenvalue weighted by Gasteiger charge is 2.28. The van der Waals surface area contributed by atoms with Gasteiger partial charge in [-0.15, -0.1) is 0 Å². The Morgan fingerprint density at radius 2 is 1.80 bits per heavy atom. The van der Waals surface area contributed by atoms with Crippen LogP contribution < -0.4 is 5.32 Å². The van der Waals surface area contributed by atoms with Crippen molar-refractivity contribution in [2.24, 2.45) is 11.3 Å². The van der Waals surface area contributed by atoms with Crippen LogP contribution in [0.3, 0.4) is 0 Å². The van der Waals surface area contributed by atoms with Crippen LogP contribution in [-0.4, -0.2) is 42.9 Å². The zero-order valence-electron chi connectivity index (χ0n) is 15.3. The summed E-state index contributed by atoms with van der Waals surface area (Å²) in [5.41, 5.74) is 0.633. The third-order valence-corrected chi connectivity index (χ3v) is 4.37. The number of hydrogen-bond acceptors (Lipinski definition) is 4. The number of carbonyl (C=O) groups is 3. The lowest BCUT2D eigenvalue weighted by Gasteiger charge is -2.30. The maximum absolute atomic E-state index is 12.7. The molecule has 6 nitrogen and oxygen atoms in total. The summed E-state index contributed by atoms with van der Waals surface area (Å²) in [7, 11) is 1.39. The fourth-order valence-electron chi connectivity index (χ4n) is 2.72. The van der Waals surface area contributed by atoms with Crippen molar-refractivity contribution < 1.29 is 19.1 Å². The summed E-state index contributed by atoms with van der Waals surface area (Å²) in [6.45, 7) is 6.56. The molecule has 0 radical (unpaired) electrons. The largest absolute Gasteiger partial charge is 0.469 e. The second-order valence-corrected chi connectivity index (χ2v) is 7.37. The normalized spacial score (nSPS) is 15.6. The van der Waals surface area contributed by atoms with Gasteiger partial charge in [0.25, 0.3) is 5.91 Å². The highest BCUT2D eigenvalue weighted by Crippen LogP contribution is 2.22. The van der Waals surface area contributed by atoms with Crippen molar-refractivity contribution in [3.05, 3.63) is 29.8 Å². The first kappa shape index (κ1) is 19.0. The van der Waals surface area contributed by atoms with Crippen molar-refractivity contribution in [2.75, 3.05) is 25.5 Å². The molecule has 0 unspecified atom stereocenters. The van der Waals surface area contributed by atoms with Crippen molar-refractivity contribution in [1.82, 2.24) is 4.90 Å². The topological polar surface area (TPSA) is 75.7 Å². The number of methoxy groups -OCH3 is 1. The summed E-state index contributed by atoms with van der Waals surface area (Å²) < 4.78 is 4.77. The van der Waals surface area contributed by atoms with Gasteiger partial charge in [0.05, 0.1) is 13.0 Å². The molecule has 1 aromatic rings. The quantitative estimate of drug-likeness (QED) is 0.854. The number of carbonyl (C=O) groups excluding carboxylic acids is 3. The summed E-state index contributed by atoms with van der Waals surface area (Å²) in [6, 6.07) is 6.95. The summed E-state index contributed by atoms with van der Waals surface area (Å²) in [5, 5.41) is 2.84. The van der Waals surface area contributed by atoms with E-state index in [0.717, 1.165) is 0 Å². The number of nitrogens with zero attached hydrogens (tertiary/aromatic N) is 1. The third-order valence-electron chi connectivity index (χ3n) is 4.37. The number of piperidine rings is 1. The van der Waals surface area contributed by atoms with E-state index in [1.165, 1.54) is 7.11 Å². The molecule has 1 aliphatic heterocycles. The lowest BCUT2D eigenvalue weighted by molar-refractivity contribution is -0.146. The number of benzene rings is 1. The van der Waals surface area contributed by atoms with Crippen molar-refractivity contribution in [3.63, 3.8) is 0 Å². The molecule has 1 aromatic carbocycles. The molecule has 0 atom stereocenters. The second-order valence-electron chi connectivity index (χ2n) is 7.37. The van der Waals surface area contributed by atoms with Crippen LogP contribution in [0.15, 0.2) is 24.3 Å². The Balaban J connectivity index is 2.02. The molecule has 6 heteroatoms. The average molecular weight is 346 g/mol. The molecule has 0 bridgehead atoms. The predicted molar refractivity (Wildman–Crippen MR) is 95.2 cm³/mol. The highest BCUT2D eigenvalue weighted by molar-refractivity contribution is 5.98. The van der Waals surface area contributed by atoms with E-state index >= 15 is 0 Å². The van der Waals surface area contributed by atoms with Crippen molar-refractivity contribution in [3.8, 4) is 0 Å². The van der Waals surface area contributed by atoms with Gasteiger partial charge in [0.15, 0.2) is 0 Å². The Hall–Kier alpha value is -2.37. The summed E-state index contributed by atoms with van der Waals surface area (Å²) in [5.74, 6) is -0.531. The first-order valence-corrected chi connectivity index (χ1v) is 8.51. The molecule has 1 aliphatic rings. The molecule has 1 saturated heterocycles. The Kier molecular flexibility index (Phi) is 5.82. The van der Waals surface area contributed by atoms with E-state index < -0.39 is 5.41 Å².